The Labute approximate surface area is 114 Å². The summed E-state index contributed by atoms with van der Waals surface area (Å²) < 4.78 is 29.2. The molecule has 0 aliphatic carbocycles. The first kappa shape index (κ1) is 16.4. The zero-order valence-electron chi connectivity index (χ0n) is 11.8. The highest BCUT2D eigenvalue weighted by Crippen LogP contribution is 2.06. The Bertz CT molecular complexity index is 391. The number of nitrogens with zero attached hydrogens (tertiary/aromatic N) is 2. The van der Waals surface area contributed by atoms with Crippen molar-refractivity contribution in [3.63, 3.8) is 0 Å². The number of nitrogens with one attached hydrogen (secondary N) is 1. The maximum atomic E-state index is 11.7. The second-order valence-electron chi connectivity index (χ2n) is 4.56. The molecule has 1 rings (SSSR count). The van der Waals surface area contributed by atoms with E-state index in [1.54, 1.807) is 14.0 Å². The molecule has 0 radical (unpaired) electrons. The number of piperazine rings is 1. The van der Waals surface area contributed by atoms with E-state index in [9.17, 15) is 13.2 Å². The normalized spacial score (nSPS) is 20.2. The highest BCUT2D eigenvalue weighted by atomic mass is 32.2. The van der Waals surface area contributed by atoms with Gasteiger partial charge in [-0.05, 0) is 14.0 Å². The van der Waals surface area contributed by atoms with Gasteiger partial charge in [0.05, 0.1) is 12.9 Å². The van der Waals surface area contributed by atoms with Crippen LogP contribution in [0.4, 0.5) is 0 Å². The number of ether oxygens (including phenoxy) is 1. The zero-order chi connectivity index (χ0) is 14.5. The lowest BCUT2D eigenvalue weighted by atomic mass is 10.2. The third-order valence-corrected chi connectivity index (χ3v) is 4.46. The second-order valence-corrected chi connectivity index (χ2v) is 6.54. The minimum Gasteiger partial charge on any atom is -0.465 e. The van der Waals surface area contributed by atoms with Gasteiger partial charge in [0.25, 0.3) is 0 Å². The summed E-state index contributed by atoms with van der Waals surface area (Å²) in [5, 5.41) is 2.93. The van der Waals surface area contributed by atoms with Gasteiger partial charge < -0.3 is 10.1 Å². The van der Waals surface area contributed by atoms with Crippen LogP contribution >= 0.6 is 0 Å². The number of hydrogen-bond donors (Lipinski definition) is 1. The minimum atomic E-state index is -3.11. The molecule has 1 fully saturated rings. The van der Waals surface area contributed by atoms with Gasteiger partial charge in [0.1, 0.15) is 6.04 Å². The number of carbonyl (C=O) groups excluding carboxylic acids is 1. The van der Waals surface area contributed by atoms with Crippen LogP contribution in [0.2, 0.25) is 0 Å². The van der Waals surface area contributed by atoms with E-state index in [4.69, 9.17) is 4.74 Å². The topological polar surface area (TPSA) is 79.0 Å². The Morgan fingerprint density at radius 1 is 1.32 bits per heavy atom. The van der Waals surface area contributed by atoms with Crippen molar-refractivity contribution in [1.82, 2.24) is 14.5 Å². The van der Waals surface area contributed by atoms with Crippen LogP contribution in [0.25, 0.3) is 0 Å². The molecular formula is C11H23N3O4S. The Hall–Kier alpha value is -0.700. The summed E-state index contributed by atoms with van der Waals surface area (Å²) >= 11 is 0. The summed E-state index contributed by atoms with van der Waals surface area (Å²) in [7, 11) is -1.39. The lowest BCUT2D eigenvalue weighted by Crippen LogP contribution is -2.53. The molecule has 0 amide bonds. The van der Waals surface area contributed by atoms with Gasteiger partial charge in [-0.1, -0.05) is 0 Å². The minimum absolute atomic E-state index is 0.268. The third kappa shape index (κ3) is 5.06. The van der Waals surface area contributed by atoms with E-state index < -0.39 is 10.0 Å². The second kappa shape index (κ2) is 7.18. The summed E-state index contributed by atoms with van der Waals surface area (Å²) in [4.78, 5) is 13.7. The average Bonchev–Trinajstić information content (AvgIpc) is 2.35. The molecule has 0 aromatic carbocycles. The first-order valence-corrected chi connectivity index (χ1v) is 8.24. The van der Waals surface area contributed by atoms with Crippen LogP contribution in [0.15, 0.2) is 0 Å². The molecule has 112 valence electrons. The van der Waals surface area contributed by atoms with Crippen LogP contribution < -0.4 is 5.32 Å². The molecule has 1 N–H and O–H groups in total. The molecule has 0 aromatic rings. The predicted molar refractivity (Wildman–Crippen MR) is 72.3 cm³/mol. The van der Waals surface area contributed by atoms with Gasteiger partial charge in [-0.15, -0.1) is 0 Å². The van der Waals surface area contributed by atoms with Gasteiger partial charge in [-0.25, -0.2) is 8.42 Å². The SMILES string of the molecule is CCOC(=O)C(CN1CCN(S(C)(=O)=O)CC1)NC. The molecule has 0 aromatic heterocycles. The van der Waals surface area contributed by atoms with E-state index in [-0.39, 0.29) is 12.0 Å². The van der Waals surface area contributed by atoms with Crippen LogP contribution in [-0.4, -0.2) is 82.3 Å². The van der Waals surface area contributed by atoms with E-state index in [1.807, 2.05) is 0 Å². The van der Waals surface area contributed by atoms with Crippen molar-refractivity contribution in [2.24, 2.45) is 0 Å². The Morgan fingerprint density at radius 3 is 2.32 bits per heavy atom. The maximum Gasteiger partial charge on any atom is 0.324 e. The van der Waals surface area contributed by atoms with Crippen molar-refractivity contribution in [3.05, 3.63) is 0 Å². The first-order chi connectivity index (χ1) is 8.88. The fourth-order valence-electron chi connectivity index (χ4n) is 2.03. The van der Waals surface area contributed by atoms with E-state index in [1.165, 1.54) is 10.6 Å². The number of likely N-dealkylation sites (N-methyl/N-ethyl adjacent to an activating group) is 1. The largest absolute Gasteiger partial charge is 0.465 e. The van der Waals surface area contributed by atoms with Gasteiger partial charge in [-0.3, -0.25) is 9.69 Å². The summed E-state index contributed by atoms with van der Waals surface area (Å²) in [6.07, 6.45) is 1.22. The van der Waals surface area contributed by atoms with Crippen molar-refractivity contribution in [2.75, 3.05) is 52.6 Å². The van der Waals surface area contributed by atoms with E-state index >= 15 is 0 Å². The molecule has 0 spiro atoms. The van der Waals surface area contributed by atoms with Crippen LogP contribution in [0.5, 0.6) is 0 Å². The molecule has 8 heteroatoms. The molecule has 1 unspecified atom stereocenters. The third-order valence-electron chi connectivity index (χ3n) is 3.16. The molecule has 1 heterocycles. The van der Waals surface area contributed by atoms with Crippen molar-refractivity contribution in [1.29, 1.82) is 0 Å². The summed E-state index contributed by atoms with van der Waals surface area (Å²) in [5.74, 6) is -0.268. The molecule has 0 saturated carbocycles. The number of carbonyl (C=O) groups is 1. The van der Waals surface area contributed by atoms with Gasteiger partial charge in [0.15, 0.2) is 0 Å². The average molecular weight is 293 g/mol. The van der Waals surface area contributed by atoms with E-state index in [0.29, 0.717) is 39.3 Å². The molecule has 1 aliphatic rings. The predicted octanol–water partition coefficient (Wildman–Crippen LogP) is -1.29. The number of sulfonamides is 1. The first-order valence-electron chi connectivity index (χ1n) is 6.39. The van der Waals surface area contributed by atoms with E-state index in [0.717, 1.165) is 0 Å². The van der Waals surface area contributed by atoms with Crippen molar-refractivity contribution in [3.8, 4) is 0 Å². The zero-order valence-corrected chi connectivity index (χ0v) is 12.6. The van der Waals surface area contributed by atoms with Gasteiger partial charge in [0, 0.05) is 32.7 Å². The Morgan fingerprint density at radius 2 is 1.89 bits per heavy atom. The highest BCUT2D eigenvalue weighted by Gasteiger charge is 2.27. The van der Waals surface area contributed by atoms with E-state index in [2.05, 4.69) is 10.2 Å². The summed E-state index contributed by atoms with van der Waals surface area (Å²) in [6.45, 7) is 4.87. The van der Waals surface area contributed by atoms with Gasteiger partial charge in [0.2, 0.25) is 10.0 Å². The fourth-order valence-corrected chi connectivity index (χ4v) is 2.86. The Balaban J connectivity index is 2.45. The Kier molecular flexibility index (Phi) is 6.18. The van der Waals surface area contributed by atoms with Crippen molar-refractivity contribution >= 4 is 16.0 Å². The number of hydrogen-bond acceptors (Lipinski definition) is 6. The fraction of sp³-hybridized carbons (Fsp3) is 0.909. The lowest BCUT2D eigenvalue weighted by molar-refractivity contribution is -0.146. The van der Waals surface area contributed by atoms with Crippen LogP contribution in [-0.2, 0) is 19.6 Å². The summed E-state index contributed by atoms with van der Waals surface area (Å²) in [5.41, 5.74) is 0. The molecule has 1 aliphatic heterocycles. The van der Waals surface area contributed by atoms with Crippen LogP contribution in [0.1, 0.15) is 6.92 Å². The van der Waals surface area contributed by atoms with Crippen molar-refractivity contribution in [2.45, 2.75) is 13.0 Å². The van der Waals surface area contributed by atoms with Crippen molar-refractivity contribution < 1.29 is 17.9 Å². The smallest absolute Gasteiger partial charge is 0.324 e. The van der Waals surface area contributed by atoms with Crippen LogP contribution in [0.3, 0.4) is 0 Å². The van der Waals surface area contributed by atoms with Gasteiger partial charge >= 0.3 is 5.97 Å². The lowest BCUT2D eigenvalue weighted by Gasteiger charge is -2.34. The molecule has 1 saturated heterocycles. The standard InChI is InChI=1S/C11H23N3O4S/c1-4-18-11(15)10(12-2)9-13-5-7-14(8-6-13)19(3,16)17/h10,12H,4-9H2,1-3H3. The molecule has 7 nitrogen and oxygen atoms in total. The quantitative estimate of drug-likeness (QED) is 0.614. The summed E-state index contributed by atoms with van der Waals surface area (Å²) in [6, 6.07) is -0.371. The number of rotatable bonds is 6. The van der Waals surface area contributed by atoms with Gasteiger partial charge in [-0.2, -0.15) is 4.31 Å². The monoisotopic (exact) mass is 293 g/mol. The maximum absolute atomic E-state index is 11.7. The molecule has 19 heavy (non-hydrogen) atoms. The number of esters is 1. The molecule has 1 atom stereocenters. The molecular weight excluding hydrogens is 270 g/mol. The molecule has 0 bridgehead atoms. The highest BCUT2D eigenvalue weighted by molar-refractivity contribution is 7.88. The van der Waals surface area contributed by atoms with Crippen LogP contribution in [0, 0.1) is 0 Å².